The highest BCUT2D eigenvalue weighted by Gasteiger charge is 2.26. The third-order valence-electron chi connectivity index (χ3n) is 3.51. The van der Waals surface area contributed by atoms with E-state index in [0.29, 0.717) is 37.4 Å². The molecule has 7 nitrogen and oxygen atoms in total. The summed E-state index contributed by atoms with van der Waals surface area (Å²) in [7, 11) is 0. The number of benzene rings is 1. The molecule has 1 fully saturated rings. The molecule has 0 saturated carbocycles. The summed E-state index contributed by atoms with van der Waals surface area (Å²) in [6.07, 6.45) is 0. The number of rotatable bonds is 3. The molecule has 20 heavy (non-hydrogen) atoms. The minimum absolute atomic E-state index is 0.120. The minimum Gasteiger partial charge on any atom is -0.387 e. The minimum atomic E-state index is -0.495. The summed E-state index contributed by atoms with van der Waals surface area (Å²) in [5, 5.41) is 20.0. The fourth-order valence-electron chi connectivity index (χ4n) is 2.43. The monoisotopic (exact) mass is 279 g/mol. The van der Waals surface area contributed by atoms with Crippen LogP contribution in [0.3, 0.4) is 0 Å². The molecule has 0 unspecified atom stereocenters. The van der Waals surface area contributed by atoms with Gasteiger partial charge in [-0.3, -0.25) is 14.9 Å². The summed E-state index contributed by atoms with van der Waals surface area (Å²) in [5.41, 5.74) is 1.34. The van der Waals surface area contributed by atoms with Gasteiger partial charge in [0.05, 0.1) is 4.92 Å². The van der Waals surface area contributed by atoms with Gasteiger partial charge in [-0.25, -0.2) is 0 Å². The number of hydrogen-bond acceptors (Lipinski definition) is 5. The molecule has 1 heterocycles. The molecule has 1 amide bonds. The second-order valence-electron chi connectivity index (χ2n) is 4.73. The van der Waals surface area contributed by atoms with E-state index in [1.807, 2.05) is 4.90 Å². The number of aryl methyl sites for hydroxylation is 1. The summed E-state index contributed by atoms with van der Waals surface area (Å²) in [6, 6.07) is 5.24. The van der Waals surface area contributed by atoms with Gasteiger partial charge < -0.3 is 14.9 Å². The van der Waals surface area contributed by atoms with E-state index in [0.717, 1.165) is 0 Å². The van der Waals surface area contributed by atoms with Crippen LogP contribution in [0.4, 0.5) is 11.4 Å². The molecule has 0 atom stereocenters. The van der Waals surface area contributed by atoms with E-state index in [1.165, 1.54) is 0 Å². The number of nitro groups is 1. The molecule has 1 aliphatic heterocycles. The number of para-hydroxylation sites is 1. The zero-order valence-electron chi connectivity index (χ0n) is 11.3. The standard InChI is InChI=1S/C13H17N3O4/c1-10-3-2-4-11(13(10)16(19)20)14-5-7-15(8-6-14)12(18)9-17/h2-4,17H,5-9H2,1H3. The smallest absolute Gasteiger partial charge is 0.295 e. The van der Waals surface area contributed by atoms with Crippen molar-refractivity contribution in [2.24, 2.45) is 0 Å². The van der Waals surface area contributed by atoms with Crippen molar-refractivity contribution in [1.29, 1.82) is 0 Å². The Bertz CT molecular complexity index is 524. The molecule has 0 spiro atoms. The van der Waals surface area contributed by atoms with Crippen molar-refractivity contribution in [2.75, 3.05) is 37.7 Å². The van der Waals surface area contributed by atoms with Crippen molar-refractivity contribution in [3.63, 3.8) is 0 Å². The molecule has 0 radical (unpaired) electrons. The molecule has 0 aliphatic carbocycles. The zero-order valence-corrected chi connectivity index (χ0v) is 11.3. The fraction of sp³-hybridized carbons (Fsp3) is 0.462. The number of carbonyl (C=O) groups excluding carboxylic acids is 1. The maximum atomic E-state index is 11.4. The van der Waals surface area contributed by atoms with Crippen molar-refractivity contribution >= 4 is 17.3 Å². The molecule has 0 aromatic heterocycles. The Kier molecular flexibility index (Phi) is 4.19. The van der Waals surface area contributed by atoms with E-state index in [-0.39, 0.29) is 16.5 Å². The summed E-state index contributed by atoms with van der Waals surface area (Å²) in [4.78, 5) is 25.7. The Morgan fingerprint density at radius 2 is 2.00 bits per heavy atom. The fourth-order valence-corrected chi connectivity index (χ4v) is 2.43. The first kappa shape index (κ1) is 14.3. The number of piperazine rings is 1. The number of carbonyl (C=O) groups is 1. The van der Waals surface area contributed by atoms with E-state index >= 15 is 0 Å². The van der Waals surface area contributed by atoms with Gasteiger partial charge in [0.15, 0.2) is 0 Å². The molecule has 0 bridgehead atoms. The number of aliphatic hydroxyl groups excluding tert-OH is 1. The predicted octanol–water partition coefficient (Wildman–Crippen LogP) is 0.544. The normalized spacial score (nSPS) is 15.3. The van der Waals surface area contributed by atoms with Crippen LogP contribution in [0, 0.1) is 17.0 Å². The maximum absolute atomic E-state index is 11.4. The van der Waals surface area contributed by atoms with E-state index in [2.05, 4.69) is 0 Å². The van der Waals surface area contributed by atoms with Crippen LogP contribution < -0.4 is 4.90 Å². The number of nitro benzene ring substituents is 1. The quantitative estimate of drug-likeness (QED) is 0.644. The number of aliphatic hydroxyl groups is 1. The molecular weight excluding hydrogens is 262 g/mol. The first-order valence-electron chi connectivity index (χ1n) is 6.42. The van der Waals surface area contributed by atoms with Crippen molar-refractivity contribution in [3.05, 3.63) is 33.9 Å². The van der Waals surface area contributed by atoms with Gasteiger partial charge in [0.2, 0.25) is 5.91 Å². The SMILES string of the molecule is Cc1cccc(N2CCN(C(=O)CO)CC2)c1[N+](=O)[O-]. The predicted molar refractivity (Wildman–Crippen MR) is 73.7 cm³/mol. The van der Waals surface area contributed by atoms with Crippen LogP contribution in [0.2, 0.25) is 0 Å². The first-order chi connectivity index (χ1) is 9.54. The third kappa shape index (κ3) is 2.72. The molecule has 2 rings (SSSR count). The second-order valence-corrected chi connectivity index (χ2v) is 4.73. The highest BCUT2D eigenvalue weighted by molar-refractivity contribution is 5.77. The Balaban J connectivity index is 2.17. The zero-order chi connectivity index (χ0) is 14.7. The number of hydrogen-bond donors (Lipinski definition) is 1. The van der Waals surface area contributed by atoms with Gasteiger partial charge in [-0.1, -0.05) is 12.1 Å². The van der Waals surface area contributed by atoms with Crippen LogP contribution in [-0.2, 0) is 4.79 Å². The molecule has 1 aromatic rings. The summed E-state index contributed by atoms with van der Waals surface area (Å²) >= 11 is 0. The maximum Gasteiger partial charge on any atom is 0.295 e. The Hall–Kier alpha value is -2.15. The highest BCUT2D eigenvalue weighted by Crippen LogP contribution is 2.31. The second kappa shape index (κ2) is 5.87. The molecular formula is C13H17N3O4. The van der Waals surface area contributed by atoms with E-state index in [9.17, 15) is 14.9 Å². The summed E-state index contributed by atoms with van der Waals surface area (Å²) in [6.45, 7) is 3.19. The number of anilines is 1. The van der Waals surface area contributed by atoms with Crippen LogP contribution in [0.15, 0.2) is 18.2 Å². The third-order valence-corrected chi connectivity index (χ3v) is 3.51. The van der Waals surface area contributed by atoms with E-state index in [4.69, 9.17) is 5.11 Å². The number of amides is 1. The van der Waals surface area contributed by atoms with Crippen LogP contribution >= 0.6 is 0 Å². The lowest BCUT2D eigenvalue weighted by molar-refractivity contribution is -0.384. The Labute approximate surface area is 116 Å². The molecule has 7 heteroatoms. The van der Waals surface area contributed by atoms with Gasteiger partial charge >= 0.3 is 0 Å². The van der Waals surface area contributed by atoms with Crippen molar-refractivity contribution in [2.45, 2.75) is 6.92 Å². The average molecular weight is 279 g/mol. The highest BCUT2D eigenvalue weighted by atomic mass is 16.6. The van der Waals surface area contributed by atoms with E-state index < -0.39 is 6.61 Å². The van der Waals surface area contributed by atoms with Gasteiger partial charge in [0.1, 0.15) is 12.3 Å². The van der Waals surface area contributed by atoms with Crippen LogP contribution in [0.1, 0.15) is 5.56 Å². The molecule has 1 saturated heterocycles. The van der Waals surface area contributed by atoms with Gasteiger partial charge in [-0.2, -0.15) is 0 Å². The first-order valence-corrected chi connectivity index (χ1v) is 6.42. The molecule has 108 valence electrons. The lowest BCUT2D eigenvalue weighted by Crippen LogP contribution is -2.49. The summed E-state index contributed by atoms with van der Waals surface area (Å²) in [5.74, 6) is -0.302. The van der Waals surface area contributed by atoms with E-state index in [1.54, 1.807) is 30.0 Å². The molecule has 1 N–H and O–H groups in total. The van der Waals surface area contributed by atoms with Gasteiger partial charge in [0, 0.05) is 31.7 Å². The van der Waals surface area contributed by atoms with Crippen LogP contribution in [0.25, 0.3) is 0 Å². The van der Waals surface area contributed by atoms with Crippen molar-refractivity contribution < 1.29 is 14.8 Å². The lowest BCUT2D eigenvalue weighted by atomic mass is 10.1. The molecule has 1 aromatic carbocycles. The lowest BCUT2D eigenvalue weighted by Gasteiger charge is -2.35. The number of nitrogens with zero attached hydrogens (tertiary/aromatic N) is 3. The van der Waals surface area contributed by atoms with Crippen molar-refractivity contribution in [1.82, 2.24) is 4.90 Å². The topological polar surface area (TPSA) is 86.9 Å². The largest absolute Gasteiger partial charge is 0.387 e. The van der Waals surface area contributed by atoms with Crippen LogP contribution in [0.5, 0.6) is 0 Å². The van der Waals surface area contributed by atoms with Crippen LogP contribution in [-0.4, -0.2) is 53.6 Å². The van der Waals surface area contributed by atoms with Crippen molar-refractivity contribution in [3.8, 4) is 0 Å². The Morgan fingerprint density at radius 3 is 2.55 bits per heavy atom. The van der Waals surface area contributed by atoms with Gasteiger partial charge in [0.25, 0.3) is 5.69 Å². The van der Waals surface area contributed by atoms with Gasteiger partial charge in [-0.15, -0.1) is 0 Å². The van der Waals surface area contributed by atoms with Gasteiger partial charge in [-0.05, 0) is 13.0 Å². The average Bonchev–Trinajstić information content (AvgIpc) is 2.46. The molecule has 1 aliphatic rings. The summed E-state index contributed by atoms with van der Waals surface area (Å²) < 4.78 is 0. The Morgan fingerprint density at radius 1 is 1.35 bits per heavy atom.